The summed E-state index contributed by atoms with van der Waals surface area (Å²) in [5.74, 6) is 0. The normalized spacial score (nSPS) is 38.1. The molecular weight excluding hydrogens is 248 g/mol. The van der Waals surface area contributed by atoms with E-state index in [0.29, 0.717) is 19.3 Å². The van der Waals surface area contributed by atoms with Crippen LogP contribution in [-0.4, -0.2) is 32.0 Å². The second-order valence-electron chi connectivity index (χ2n) is 5.77. The van der Waals surface area contributed by atoms with E-state index in [1.54, 1.807) is 0 Å². The number of aliphatic hydroxyl groups is 2. The van der Waals surface area contributed by atoms with Gasteiger partial charge in [-0.25, -0.2) is 4.79 Å². The van der Waals surface area contributed by atoms with Gasteiger partial charge in [-0.3, -0.25) is 14.3 Å². The Labute approximate surface area is 109 Å². The van der Waals surface area contributed by atoms with Crippen molar-refractivity contribution in [2.24, 2.45) is 5.41 Å². The summed E-state index contributed by atoms with van der Waals surface area (Å²) in [5, 5.41) is 20.4. The number of nitrogens with zero attached hydrogens (tertiary/aromatic N) is 1. The van der Waals surface area contributed by atoms with Gasteiger partial charge in [-0.15, -0.1) is 0 Å². The Morgan fingerprint density at radius 1 is 1.32 bits per heavy atom. The number of aliphatic hydroxyl groups excluding tert-OH is 2. The highest BCUT2D eigenvalue weighted by atomic mass is 16.3. The van der Waals surface area contributed by atoms with Gasteiger partial charge in [-0.1, -0.05) is 6.42 Å². The van der Waals surface area contributed by atoms with Crippen LogP contribution in [0.2, 0.25) is 0 Å². The molecule has 0 bridgehead atoms. The van der Waals surface area contributed by atoms with Gasteiger partial charge < -0.3 is 10.2 Å². The summed E-state index contributed by atoms with van der Waals surface area (Å²) in [6.45, 7) is 0. The molecule has 6 nitrogen and oxygen atoms in total. The fraction of sp³-hybridized carbons (Fsp3) is 0.692. The van der Waals surface area contributed by atoms with Crippen molar-refractivity contribution in [3.63, 3.8) is 0 Å². The highest BCUT2D eigenvalue weighted by molar-refractivity contribution is 5.05. The zero-order chi connectivity index (χ0) is 13.6. The highest BCUT2D eigenvalue weighted by Crippen LogP contribution is 2.53. The van der Waals surface area contributed by atoms with E-state index in [1.165, 1.54) is 16.8 Å². The molecule has 0 aromatic carbocycles. The van der Waals surface area contributed by atoms with Crippen LogP contribution in [0, 0.1) is 5.41 Å². The van der Waals surface area contributed by atoms with Gasteiger partial charge >= 0.3 is 5.69 Å². The van der Waals surface area contributed by atoms with Gasteiger partial charge in [-0.05, 0) is 25.7 Å². The predicted molar refractivity (Wildman–Crippen MR) is 67.9 cm³/mol. The fourth-order valence-corrected chi connectivity index (χ4v) is 3.78. The molecule has 2 aliphatic carbocycles. The minimum atomic E-state index is -0.589. The van der Waals surface area contributed by atoms with Gasteiger partial charge in [0.1, 0.15) is 0 Å². The number of H-pyrrole nitrogens is 1. The largest absolute Gasteiger partial charge is 0.392 e. The van der Waals surface area contributed by atoms with E-state index in [9.17, 15) is 19.8 Å². The molecule has 3 N–H and O–H groups in total. The molecule has 0 unspecified atom stereocenters. The monoisotopic (exact) mass is 266 g/mol. The molecule has 1 spiro atoms. The third-order valence-corrected chi connectivity index (χ3v) is 4.80. The van der Waals surface area contributed by atoms with Crippen molar-refractivity contribution >= 4 is 0 Å². The number of hydrogen-bond donors (Lipinski definition) is 3. The Morgan fingerprint density at radius 3 is 2.74 bits per heavy atom. The minimum Gasteiger partial charge on any atom is -0.392 e. The molecule has 0 aliphatic heterocycles. The number of aromatic nitrogens is 2. The average molecular weight is 266 g/mol. The van der Waals surface area contributed by atoms with E-state index >= 15 is 0 Å². The van der Waals surface area contributed by atoms with Crippen LogP contribution in [0.3, 0.4) is 0 Å². The SMILES string of the molecule is O=c1ccn([C@H]2C[C@H](O)[C@@]3(CCC[C@H]3O)C2)c(=O)[nH]1. The van der Waals surface area contributed by atoms with Gasteiger partial charge in [-0.2, -0.15) is 0 Å². The zero-order valence-corrected chi connectivity index (χ0v) is 10.6. The molecule has 104 valence electrons. The molecule has 1 aromatic heterocycles. The van der Waals surface area contributed by atoms with Gasteiger partial charge in [0, 0.05) is 23.7 Å². The second-order valence-corrected chi connectivity index (χ2v) is 5.77. The van der Waals surface area contributed by atoms with Crippen LogP contribution in [0.1, 0.15) is 38.1 Å². The van der Waals surface area contributed by atoms with Crippen LogP contribution in [-0.2, 0) is 0 Å². The molecule has 0 saturated heterocycles. The van der Waals surface area contributed by atoms with Gasteiger partial charge in [0.15, 0.2) is 0 Å². The molecule has 3 rings (SSSR count). The van der Waals surface area contributed by atoms with Crippen LogP contribution in [0.15, 0.2) is 21.9 Å². The van der Waals surface area contributed by atoms with E-state index in [-0.39, 0.29) is 6.04 Å². The lowest BCUT2D eigenvalue weighted by Gasteiger charge is -2.31. The lowest BCUT2D eigenvalue weighted by molar-refractivity contribution is -0.0302. The van der Waals surface area contributed by atoms with Gasteiger partial charge in [0.25, 0.3) is 5.56 Å². The van der Waals surface area contributed by atoms with Crippen LogP contribution in [0.4, 0.5) is 0 Å². The van der Waals surface area contributed by atoms with Gasteiger partial charge in [0.2, 0.25) is 0 Å². The molecule has 6 heteroatoms. The molecule has 2 saturated carbocycles. The van der Waals surface area contributed by atoms with Crippen LogP contribution in [0.5, 0.6) is 0 Å². The van der Waals surface area contributed by atoms with Crippen molar-refractivity contribution in [2.45, 2.75) is 50.4 Å². The molecule has 2 fully saturated rings. The smallest absolute Gasteiger partial charge is 0.328 e. The summed E-state index contributed by atoms with van der Waals surface area (Å²) in [5.41, 5.74) is -1.34. The Bertz CT molecular complexity index is 593. The first-order chi connectivity index (χ1) is 9.03. The lowest BCUT2D eigenvalue weighted by Crippen LogP contribution is -2.37. The molecule has 0 radical (unpaired) electrons. The first-order valence-corrected chi connectivity index (χ1v) is 6.70. The summed E-state index contributed by atoms with van der Waals surface area (Å²) in [4.78, 5) is 25.1. The average Bonchev–Trinajstić information content (AvgIpc) is 2.86. The van der Waals surface area contributed by atoms with Crippen LogP contribution in [0.25, 0.3) is 0 Å². The van der Waals surface area contributed by atoms with Crippen molar-refractivity contribution in [3.8, 4) is 0 Å². The third-order valence-electron chi connectivity index (χ3n) is 4.80. The van der Waals surface area contributed by atoms with E-state index in [2.05, 4.69) is 4.98 Å². The summed E-state index contributed by atoms with van der Waals surface area (Å²) >= 11 is 0. The summed E-state index contributed by atoms with van der Waals surface area (Å²) in [6, 6.07) is 1.15. The first-order valence-electron chi connectivity index (χ1n) is 6.70. The van der Waals surface area contributed by atoms with E-state index < -0.39 is 28.9 Å². The quantitative estimate of drug-likeness (QED) is 0.654. The molecule has 19 heavy (non-hydrogen) atoms. The molecule has 4 atom stereocenters. The van der Waals surface area contributed by atoms with Crippen LogP contribution < -0.4 is 11.2 Å². The van der Waals surface area contributed by atoms with E-state index in [0.717, 1.165) is 12.8 Å². The first kappa shape index (κ1) is 12.6. The summed E-state index contributed by atoms with van der Waals surface area (Å²) < 4.78 is 1.46. The van der Waals surface area contributed by atoms with Crippen molar-refractivity contribution in [2.75, 3.05) is 0 Å². The Kier molecular flexibility index (Phi) is 2.87. The number of aromatic amines is 1. The number of rotatable bonds is 1. The zero-order valence-electron chi connectivity index (χ0n) is 10.6. The fourth-order valence-electron chi connectivity index (χ4n) is 3.78. The van der Waals surface area contributed by atoms with Crippen LogP contribution >= 0.6 is 0 Å². The number of nitrogens with one attached hydrogen (secondary N) is 1. The maximum Gasteiger partial charge on any atom is 0.328 e. The minimum absolute atomic E-state index is 0.160. The maximum absolute atomic E-state index is 11.8. The molecule has 0 amide bonds. The summed E-state index contributed by atoms with van der Waals surface area (Å²) in [7, 11) is 0. The molecular formula is C13H18N2O4. The van der Waals surface area contributed by atoms with Gasteiger partial charge in [0.05, 0.1) is 12.2 Å². The topological polar surface area (TPSA) is 95.3 Å². The Balaban J connectivity index is 1.93. The molecule has 1 heterocycles. The Hall–Kier alpha value is -1.40. The van der Waals surface area contributed by atoms with Crippen molar-refractivity contribution in [1.29, 1.82) is 0 Å². The maximum atomic E-state index is 11.8. The van der Waals surface area contributed by atoms with Crippen molar-refractivity contribution in [1.82, 2.24) is 9.55 Å². The van der Waals surface area contributed by atoms with E-state index in [4.69, 9.17) is 0 Å². The standard InChI is InChI=1S/C13H18N2O4/c16-9-2-1-4-13(9)7-8(6-10(13)17)15-5-3-11(18)14-12(15)19/h3,5,8-10,16-17H,1-2,4,6-7H2,(H,14,18,19)/t8-,9+,10-,13-/m0/s1. The molecule has 2 aliphatic rings. The van der Waals surface area contributed by atoms with Crippen molar-refractivity contribution in [3.05, 3.63) is 33.1 Å². The summed E-state index contributed by atoms with van der Waals surface area (Å²) in [6.07, 6.45) is 3.84. The van der Waals surface area contributed by atoms with Crippen molar-refractivity contribution < 1.29 is 10.2 Å². The molecule has 1 aromatic rings. The predicted octanol–water partition coefficient (Wildman–Crippen LogP) is -0.236. The van der Waals surface area contributed by atoms with E-state index in [1.807, 2.05) is 0 Å². The highest BCUT2D eigenvalue weighted by Gasteiger charge is 2.53. The third kappa shape index (κ3) is 1.86. The second kappa shape index (κ2) is 4.31. The lowest BCUT2D eigenvalue weighted by atomic mass is 9.80. The Morgan fingerprint density at radius 2 is 2.11 bits per heavy atom. The number of hydrogen-bond acceptors (Lipinski definition) is 4.